The summed E-state index contributed by atoms with van der Waals surface area (Å²) in [5, 5.41) is 0. The van der Waals surface area contributed by atoms with Crippen molar-refractivity contribution < 1.29 is 4.74 Å². The van der Waals surface area contributed by atoms with Crippen LogP contribution in [-0.4, -0.2) is 13.7 Å². The Morgan fingerprint density at radius 3 is 1.44 bits per heavy atom. The third-order valence-corrected chi connectivity index (χ3v) is 2.03. The molecule has 0 spiro atoms. The Balaban J connectivity index is -0.000000183. The molecule has 0 bridgehead atoms. The Morgan fingerprint density at radius 1 is 0.875 bits per heavy atom. The van der Waals surface area contributed by atoms with Gasteiger partial charge >= 0.3 is 0 Å². The van der Waals surface area contributed by atoms with Crippen molar-refractivity contribution in [3.63, 3.8) is 0 Å². The van der Waals surface area contributed by atoms with Gasteiger partial charge in [0.25, 0.3) is 0 Å². The Morgan fingerprint density at radius 2 is 1.31 bits per heavy atom. The molecular weight excluding hydrogens is 196 g/mol. The van der Waals surface area contributed by atoms with Crippen LogP contribution in [0.1, 0.15) is 74.1 Å². The summed E-state index contributed by atoms with van der Waals surface area (Å²) in [5.74, 6) is 1.68. The fourth-order valence-corrected chi connectivity index (χ4v) is 0.966. The molecule has 0 aromatic heterocycles. The van der Waals surface area contributed by atoms with Crippen LogP contribution in [0.25, 0.3) is 0 Å². The maximum atomic E-state index is 4.85. The highest BCUT2D eigenvalue weighted by Gasteiger charge is 1.89. The highest BCUT2D eigenvalue weighted by Crippen LogP contribution is 2.04. The van der Waals surface area contributed by atoms with Crippen LogP contribution in [0.15, 0.2) is 0 Å². The second-order valence-electron chi connectivity index (χ2n) is 4.71. The van der Waals surface area contributed by atoms with Gasteiger partial charge in [0.05, 0.1) is 0 Å². The smallest absolute Gasteiger partial charge is 0.0464 e. The molecule has 0 aliphatic rings. The molecular formula is C15H36O. The largest absolute Gasteiger partial charge is 0.385 e. The van der Waals surface area contributed by atoms with Crippen LogP contribution in [0.5, 0.6) is 0 Å². The lowest BCUT2D eigenvalue weighted by Gasteiger charge is -1.99. The van der Waals surface area contributed by atoms with Gasteiger partial charge in [0.1, 0.15) is 0 Å². The third kappa shape index (κ3) is 37.0. The first-order valence-electron chi connectivity index (χ1n) is 7.03. The molecule has 0 saturated carbocycles. The first-order chi connectivity index (χ1) is 7.54. The van der Waals surface area contributed by atoms with Crippen molar-refractivity contribution in [3.8, 4) is 0 Å². The first kappa shape index (κ1) is 21.3. The van der Waals surface area contributed by atoms with Crippen LogP contribution in [0.4, 0.5) is 0 Å². The van der Waals surface area contributed by atoms with E-state index in [2.05, 4.69) is 34.6 Å². The Labute approximate surface area is 105 Å². The van der Waals surface area contributed by atoms with E-state index >= 15 is 0 Å². The zero-order valence-corrected chi connectivity index (χ0v) is 13.1. The van der Waals surface area contributed by atoms with Gasteiger partial charge in [-0.2, -0.15) is 0 Å². The molecule has 0 heterocycles. The predicted molar refractivity (Wildman–Crippen MR) is 77.0 cm³/mol. The molecule has 0 aliphatic carbocycles. The van der Waals surface area contributed by atoms with Crippen molar-refractivity contribution in [2.24, 2.45) is 11.8 Å². The molecule has 0 rings (SSSR count). The lowest BCUT2D eigenvalue weighted by molar-refractivity contribution is 0.183. The zero-order chi connectivity index (χ0) is 13.4. The van der Waals surface area contributed by atoms with E-state index in [0.29, 0.717) is 0 Å². The Bertz CT molecular complexity index is 75.4. The molecule has 0 aliphatic heterocycles. The Kier molecular flexibility index (Phi) is 27.1. The van der Waals surface area contributed by atoms with Gasteiger partial charge < -0.3 is 4.74 Å². The molecule has 0 atom stereocenters. The quantitative estimate of drug-likeness (QED) is 0.584. The number of methoxy groups -OCH3 is 1. The predicted octanol–water partition coefficient (Wildman–Crippen LogP) is 5.54. The van der Waals surface area contributed by atoms with Crippen molar-refractivity contribution >= 4 is 0 Å². The molecule has 16 heavy (non-hydrogen) atoms. The first-order valence-corrected chi connectivity index (χ1v) is 7.03. The van der Waals surface area contributed by atoms with Gasteiger partial charge in [-0.25, -0.2) is 0 Å². The van der Waals surface area contributed by atoms with E-state index in [1.807, 2.05) is 13.8 Å². The monoisotopic (exact) mass is 232 g/mol. The number of rotatable bonds is 6. The number of hydrogen-bond donors (Lipinski definition) is 0. The summed E-state index contributed by atoms with van der Waals surface area (Å²) in [6.07, 6.45) is 5.32. The summed E-state index contributed by atoms with van der Waals surface area (Å²) in [6, 6.07) is 0. The number of ether oxygens (including phenoxy) is 1. The molecule has 0 saturated heterocycles. The fourth-order valence-electron chi connectivity index (χ4n) is 0.966. The summed E-state index contributed by atoms with van der Waals surface area (Å²) in [6.45, 7) is 16.1. The minimum absolute atomic E-state index is 0.778. The zero-order valence-electron chi connectivity index (χ0n) is 13.1. The average molecular weight is 232 g/mol. The molecule has 0 unspecified atom stereocenters. The molecule has 1 heteroatoms. The molecule has 1 nitrogen and oxygen atoms in total. The van der Waals surface area contributed by atoms with Gasteiger partial charge in [0.15, 0.2) is 0 Å². The van der Waals surface area contributed by atoms with Crippen LogP contribution in [-0.2, 0) is 4.74 Å². The summed E-state index contributed by atoms with van der Waals surface area (Å²) in [5.41, 5.74) is 0. The highest BCUT2D eigenvalue weighted by atomic mass is 16.5. The van der Waals surface area contributed by atoms with Crippen LogP contribution in [0.3, 0.4) is 0 Å². The minimum Gasteiger partial charge on any atom is -0.385 e. The van der Waals surface area contributed by atoms with E-state index in [0.717, 1.165) is 18.4 Å². The lowest BCUT2D eigenvalue weighted by atomic mass is 10.1. The SMILES string of the molecule is CC.CCCCC(C)C.COCCC(C)C. The van der Waals surface area contributed by atoms with Crippen molar-refractivity contribution in [1.29, 1.82) is 0 Å². The van der Waals surface area contributed by atoms with Crippen molar-refractivity contribution in [3.05, 3.63) is 0 Å². The molecule has 0 aromatic rings. The van der Waals surface area contributed by atoms with E-state index in [1.165, 1.54) is 25.7 Å². The van der Waals surface area contributed by atoms with Crippen LogP contribution < -0.4 is 0 Å². The van der Waals surface area contributed by atoms with E-state index < -0.39 is 0 Å². The van der Waals surface area contributed by atoms with Gasteiger partial charge in [-0.3, -0.25) is 0 Å². The summed E-state index contributed by atoms with van der Waals surface area (Å²) < 4.78 is 4.85. The van der Waals surface area contributed by atoms with E-state index in [9.17, 15) is 0 Å². The maximum absolute atomic E-state index is 4.85. The fraction of sp³-hybridized carbons (Fsp3) is 1.00. The van der Waals surface area contributed by atoms with E-state index in [-0.39, 0.29) is 0 Å². The van der Waals surface area contributed by atoms with Crippen LogP contribution in [0.2, 0.25) is 0 Å². The van der Waals surface area contributed by atoms with Gasteiger partial charge in [-0.15, -0.1) is 0 Å². The van der Waals surface area contributed by atoms with Gasteiger partial charge in [-0.1, -0.05) is 67.7 Å². The minimum atomic E-state index is 0.778. The molecule has 102 valence electrons. The number of unbranched alkanes of at least 4 members (excludes halogenated alkanes) is 1. The molecule has 0 amide bonds. The topological polar surface area (TPSA) is 9.23 Å². The Hall–Kier alpha value is -0.0400. The molecule has 0 aromatic carbocycles. The number of hydrogen-bond acceptors (Lipinski definition) is 1. The van der Waals surface area contributed by atoms with Gasteiger partial charge in [0.2, 0.25) is 0 Å². The lowest BCUT2D eigenvalue weighted by Crippen LogP contribution is -1.93. The van der Waals surface area contributed by atoms with Gasteiger partial charge in [0, 0.05) is 13.7 Å². The summed E-state index contributed by atoms with van der Waals surface area (Å²) in [7, 11) is 1.74. The molecule has 0 N–H and O–H groups in total. The maximum Gasteiger partial charge on any atom is 0.0464 e. The second-order valence-corrected chi connectivity index (χ2v) is 4.71. The van der Waals surface area contributed by atoms with Crippen molar-refractivity contribution in [2.45, 2.75) is 74.1 Å². The molecule has 0 fully saturated rings. The normalized spacial score (nSPS) is 9.38. The van der Waals surface area contributed by atoms with Crippen LogP contribution in [0, 0.1) is 11.8 Å². The third-order valence-electron chi connectivity index (χ3n) is 2.03. The second kappa shape index (κ2) is 20.4. The van der Waals surface area contributed by atoms with E-state index in [4.69, 9.17) is 4.74 Å². The van der Waals surface area contributed by atoms with Crippen molar-refractivity contribution in [2.75, 3.05) is 13.7 Å². The van der Waals surface area contributed by atoms with Crippen LogP contribution >= 0.6 is 0 Å². The van der Waals surface area contributed by atoms with Gasteiger partial charge in [-0.05, 0) is 18.3 Å². The molecule has 0 radical (unpaired) electrons. The standard InChI is InChI=1S/C7H16.C6H14O.C2H6/c1-4-5-6-7(2)3;1-6(2)4-5-7-3;1-2/h7H,4-6H2,1-3H3;6H,4-5H2,1-3H3;1-2H3. The average Bonchev–Trinajstić information content (AvgIpc) is 2.27. The van der Waals surface area contributed by atoms with Crippen molar-refractivity contribution in [1.82, 2.24) is 0 Å². The summed E-state index contributed by atoms with van der Waals surface area (Å²) in [4.78, 5) is 0. The summed E-state index contributed by atoms with van der Waals surface area (Å²) >= 11 is 0. The highest BCUT2D eigenvalue weighted by molar-refractivity contribution is 4.42. The van der Waals surface area contributed by atoms with E-state index in [1.54, 1.807) is 7.11 Å².